The first-order valence-electron chi connectivity index (χ1n) is 6.63. The molecule has 1 aliphatic rings. The summed E-state index contributed by atoms with van der Waals surface area (Å²) in [5, 5.41) is 1.81. The molecule has 0 saturated carbocycles. The minimum absolute atomic E-state index is 0.00935. The van der Waals surface area contributed by atoms with Gasteiger partial charge >= 0.3 is 17.8 Å². The number of amides is 1. The summed E-state index contributed by atoms with van der Waals surface area (Å²) in [7, 11) is 0. The van der Waals surface area contributed by atoms with Gasteiger partial charge in [0.1, 0.15) is 0 Å². The van der Waals surface area contributed by atoms with Gasteiger partial charge in [-0.15, -0.1) is 0 Å². The van der Waals surface area contributed by atoms with Crippen molar-refractivity contribution in [3.63, 3.8) is 0 Å². The van der Waals surface area contributed by atoms with Crippen LogP contribution in [0.1, 0.15) is 33.1 Å². The molecule has 1 atom stereocenters. The van der Waals surface area contributed by atoms with Crippen LogP contribution in [-0.4, -0.2) is 43.4 Å². The predicted molar refractivity (Wildman–Crippen MR) is 63.8 cm³/mol. The van der Waals surface area contributed by atoms with Gasteiger partial charge in [-0.3, -0.25) is 15.0 Å². The number of halogens is 3. The molecular formula is C12H20F3N2O3+. The second-order valence-corrected chi connectivity index (χ2v) is 4.81. The molecule has 0 spiro atoms. The minimum Gasteiger partial charge on any atom is -0.460 e. The number of carbonyl (C=O) groups is 2. The molecule has 0 aromatic carbocycles. The molecule has 1 fully saturated rings. The Balaban J connectivity index is 3.23. The average molecular weight is 297 g/mol. The number of likely N-dealkylation sites (tertiary alicyclic amines) is 1. The highest BCUT2D eigenvalue weighted by atomic mass is 19.4. The average Bonchev–Trinajstić information content (AvgIpc) is 2.35. The summed E-state index contributed by atoms with van der Waals surface area (Å²) in [4.78, 5) is 23.2. The van der Waals surface area contributed by atoms with Crippen molar-refractivity contribution in [3.8, 4) is 0 Å². The van der Waals surface area contributed by atoms with E-state index in [1.807, 2.05) is 5.32 Å². The van der Waals surface area contributed by atoms with Crippen molar-refractivity contribution in [2.75, 3.05) is 19.7 Å². The number of hydrogen-bond donors (Lipinski definition) is 2. The topological polar surface area (TPSA) is 59.8 Å². The second kappa shape index (κ2) is 6.43. The number of rotatable bonds is 4. The molecule has 1 amide bonds. The van der Waals surface area contributed by atoms with Gasteiger partial charge in [0, 0.05) is 6.92 Å². The molecule has 5 nitrogen and oxygen atoms in total. The summed E-state index contributed by atoms with van der Waals surface area (Å²) in [6, 6.07) is 0. The Labute approximate surface area is 115 Å². The number of hydrogen-bond acceptors (Lipinski definition) is 3. The van der Waals surface area contributed by atoms with Gasteiger partial charge in [0.25, 0.3) is 0 Å². The van der Waals surface area contributed by atoms with E-state index in [1.165, 1.54) is 6.92 Å². The van der Waals surface area contributed by atoms with Gasteiger partial charge in [-0.05, 0) is 26.2 Å². The van der Waals surface area contributed by atoms with E-state index in [4.69, 9.17) is 0 Å². The molecule has 1 rings (SSSR count). The first-order valence-corrected chi connectivity index (χ1v) is 6.63. The number of esters is 1. The van der Waals surface area contributed by atoms with Crippen LogP contribution in [0.15, 0.2) is 0 Å². The maximum absolute atomic E-state index is 13.6. The fourth-order valence-corrected chi connectivity index (χ4v) is 2.53. The van der Waals surface area contributed by atoms with Crippen molar-refractivity contribution in [2.24, 2.45) is 0 Å². The summed E-state index contributed by atoms with van der Waals surface area (Å²) in [6.45, 7) is 2.54. The molecule has 0 aromatic rings. The van der Waals surface area contributed by atoms with Crippen LogP contribution in [0.25, 0.3) is 0 Å². The van der Waals surface area contributed by atoms with Crippen LogP contribution >= 0.6 is 0 Å². The summed E-state index contributed by atoms with van der Waals surface area (Å²) in [5.74, 6) is -2.35. The van der Waals surface area contributed by atoms with E-state index in [1.54, 1.807) is 0 Å². The minimum atomic E-state index is -4.92. The Bertz CT molecular complexity index is 367. The lowest BCUT2D eigenvalue weighted by Gasteiger charge is -2.40. The number of quaternary nitrogens is 1. The van der Waals surface area contributed by atoms with Crippen LogP contribution in [0, 0.1) is 0 Å². The van der Waals surface area contributed by atoms with E-state index < -0.39 is 23.7 Å². The van der Waals surface area contributed by atoms with Crippen molar-refractivity contribution in [2.45, 2.75) is 44.9 Å². The third-order valence-electron chi connectivity index (χ3n) is 3.36. The first-order chi connectivity index (χ1) is 9.25. The monoisotopic (exact) mass is 297 g/mol. The number of piperidine rings is 1. The molecule has 1 aliphatic heterocycles. The van der Waals surface area contributed by atoms with Gasteiger partial charge < -0.3 is 4.74 Å². The highest BCUT2D eigenvalue weighted by Gasteiger charge is 2.70. The van der Waals surface area contributed by atoms with Crippen LogP contribution in [0.3, 0.4) is 0 Å². The van der Waals surface area contributed by atoms with Gasteiger partial charge in [-0.1, -0.05) is 0 Å². The summed E-state index contributed by atoms with van der Waals surface area (Å²) < 4.78 is 45.3. The Morgan fingerprint density at radius 3 is 2.15 bits per heavy atom. The van der Waals surface area contributed by atoms with E-state index in [0.717, 1.165) is 13.3 Å². The van der Waals surface area contributed by atoms with E-state index in [2.05, 4.69) is 4.74 Å². The highest BCUT2D eigenvalue weighted by Crippen LogP contribution is 2.28. The lowest BCUT2D eigenvalue weighted by molar-refractivity contribution is -0.962. The Kier molecular flexibility index (Phi) is 5.38. The zero-order chi connectivity index (χ0) is 15.4. The molecule has 1 saturated heterocycles. The second-order valence-electron chi connectivity index (χ2n) is 4.81. The molecule has 8 heteroatoms. The maximum Gasteiger partial charge on any atom is 0.478 e. The van der Waals surface area contributed by atoms with Crippen LogP contribution in [0.5, 0.6) is 0 Å². The third-order valence-corrected chi connectivity index (χ3v) is 3.36. The quantitative estimate of drug-likeness (QED) is 0.719. The Hall–Kier alpha value is -1.31. The highest BCUT2D eigenvalue weighted by molar-refractivity contribution is 5.86. The van der Waals surface area contributed by atoms with Crippen molar-refractivity contribution in [1.82, 2.24) is 5.32 Å². The molecule has 20 heavy (non-hydrogen) atoms. The van der Waals surface area contributed by atoms with E-state index >= 15 is 0 Å². The van der Waals surface area contributed by atoms with Gasteiger partial charge in [-0.2, -0.15) is 13.2 Å². The lowest BCUT2D eigenvalue weighted by Crippen LogP contribution is -3.26. The van der Waals surface area contributed by atoms with Crippen LogP contribution in [-0.2, 0) is 14.3 Å². The number of nitrogens with one attached hydrogen (secondary N) is 2. The Morgan fingerprint density at radius 1 is 1.20 bits per heavy atom. The fraction of sp³-hybridized carbons (Fsp3) is 0.833. The van der Waals surface area contributed by atoms with Crippen LogP contribution < -0.4 is 10.2 Å². The van der Waals surface area contributed by atoms with Gasteiger partial charge in [0.05, 0.1) is 19.7 Å². The molecule has 2 N–H and O–H groups in total. The third kappa shape index (κ3) is 3.23. The zero-order valence-electron chi connectivity index (χ0n) is 11.6. The Morgan fingerprint density at radius 2 is 1.75 bits per heavy atom. The maximum atomic E-state index is 13.6. The number of ether oxygens (including phenoxy) is 1. The molecule has 116 valence electrons. The van der Waals surface area contributed by atoms with E-state index in [9.17, 15) is 22.8 Å². The smallest absolute Gasteiger partial charge is 0.460 e. The summed E-state index contributed by atoms with van der Waals surface area (Å²) >= 11 is 0. The molecule has 0 radical (unpaired) electrons. The number of carbonyl (C=O) groups excluding carboxylic acids is 2. The first kappa shape index (κ1) is 16.7. The predicted octanol–water partition coefficient (Wildman–Crippen LogP) is 0.0130. The van der Waals surface area contributed by atoms with E-state index in [-0.39, 0.29) is 24.6 Å². The molecule has 0 aromatic heterocycles. The molecule has 1 heterocycles. The van der Waals surface area contributed by atoms with Crippen molar-refractivity contribution < 1.29 is 32.4 Å². The summed E-state index contributed by atoms with van der Waals surface area (Å²) in [5.41, 5.74) is -3.00. The summed E-state index contributed by atoms with van der Waals surface area (Å²) in [6.07, 6.45) is -2.95. The molecular weight excluding hydrogens is 277 g/mol. The van der Waals surface area contributed by atoms with Gasteiger partial charge in [0.2, 0.25) is 5.91 Å². The normalized spacial score (nSPS) is 20.1. The van der Waals surface area contributed by atoms with Crippen molar-refractivity contribution in [3.05, 3.63) is 0 Å². The molecule has 0 aliphatic carbocycles. The van der Waals surface area contributed by atoms with E-state index in [0.29, 0.717) is 12.8 Å². The van der Waals surface area contributed by atoms with Gasteiger partial charge in [-0.25, -0.2) is 4.79 Å². The standard InChI is InChI=1S/C12H19F3N2O3/c1-3-20-10(19)11(12(13,14)15,16-9(2)18)17-7-5-4-6-8-17/h3-8H2,1-2H3,(H,16,18)/p+1/t11-/m1/s1. The van der Waals surface area contributed by atoms with Crippen LogP contribution in [0.4, 0.5) is 13.2 Å². The lowest BCUT2D eigenvalue weighted by atomic mass is 10.0. The zero-order valence-corrected chi connectivity index (χ0v) is 11.6. The molecule has 0 bridgehead atoms. The molecule has 0 unspecified atom stereocenters. The largest absolute Gasteiger partial charge is 0.478 e. The number of alkyl halides is 3. The van der Waals surface area contributed by atoms with Crippen LogP contribution in [0.2, 0.25) is 0 Å². The van der Waals surface area contributed by atoms with Gasteiger partial charge in [0.15, 0.2) is 0 Å². The van der Waals surface area contributed by atoms with Crippen molar-refractivity contribution in [1.29, 1.82) is 0 Å². The van der Waals surface area contributed by atoms with Crippen molar-refractivity contribution >= 4 is 11.9 Å². The fourth-order valence-electron chi connectivity index (χ4n) is 2.53. The SMILES string of the molecule is CCOC(=O)[C@@](NC(C)=O)([NH+]1CCCCC1)C(F)(F)F.